The van der Waals surface area contributed by atoms with E-state index in [1.165, 1.54) is 5.56 Å². The molecule has 3 heterocycles. The van der Waals surface area contributed by atoms with Gasteiger partial charge in [-0.3, -0.25) is 14.4 Å². The fourth-order valence-electron chi connectivity index (χ4n) is 5.07. The zero-order valence-corrected chi connectivity index (χ0v) is 22.8. The highest BCUT2D eigenvalue weighted by molar-refractivity contribution is 6.06. The first-order chi connectivity index (χ1) is 19.5. The third-order valence-corrected chi connectivity index (χ3v) is 7.40. The standard InChI is InChI=1S/C31H33N7O2/c1-36-14-16-37(17-15-36)20-22-4-8-26(9-5-22)33-31(39)24-6-10-27-28(19-24)35-30(34-27)23-7-11-29(40-2)25(18-23)21-38-13-3-12-32-38/h3-13,18-19H,14-17,20-21H2,1-2H3,(H,33,39)(H,34,35). The summed E-state index contributed by atoms with van der Waals surface area (Å²) in [7, 11) is 3.83. The third-order valence-electron chi connectivity index (χ3n) is 7.40. The van der Waals surface area contributed by atoms with Gasteiger partial charge in [0.25, 0.3) is 5.91 Å². The van der Waals surface area contributed by atoms with Crippen molar-refractivity contribution in [2.45, 2.75) is 13.1 Å². The number of aromatic nitrogens is 4. The van der Waals surface area contributed by atoms with Crippen molar-refractivity contribution < 1.29 is 9.53 Å². The predicted molar refractivity (Wildman–Crippen MR) is 157 cm³/mol. The molecule has 9 nitrogen and oxygen atoms in total. The Morgan fingerprint density at radius 2 is 1.82 bits per heavy atom. The molecule has 3 aromatic carbocycles. The number of H-pyrrole nitrogens is 1. The van der Waals surface area contributed by atoms with Crippen LogP contribution in [0.2, 0.25) is 0 Å². The molecular formula is C31H33N7O2. The monoisotopic (exact) mass is 535 g/mol. The smallest absolute Gasteiger partial charge is 0.255 e. The van der Waals surface area contributed by atoms with Crippen LogP contribution in [0.3, 0.4) is 0 Å². The van der Waals surface area contributed by atoms with Crippen LogP contribution in [0.1, 0.15) is 21.5 Å². The normalized spacial score (nSPS) is 14.4. The van der Waals surface area contributed by atoms with Crippen molar-refractivity contribution in [3.05, 3.63) is 95.8 Å². The fourth-order valence-corrected chi connectivity index (χ4v) is 5.07. The maximum atomic E-state index is 13.1. The Hall–Kier alpha value is -4.47. The van der Waals surface area contributed by atoms with E-state index in [1.807, 2.05) is 53.3 Å². The molecule has 2 N–H and O–H groups in total. The van der Waals surface area contributed by atoms with Crippen LogP contribution in [0.5, 0.6) is 5.75 Å². The SMILES string of the molecule is COc1ccc(-c2nc3ccc(C(=O)Nc4ccc(CN5CCN(C)CC5)cc4)cc3[nH]2)cc1Cn1cccn1. The van der Waals surface area contributed by atoms with Gasteiger partial charge in [-0.25, -0.2) is 4.98 Å². The number of hydrogen-bond acceptors (Lipinski definition) is 6. The second kappa shape index (κ2) is 11.3. The number of rotatable bonds is 8. The molecule has 0 spiro atoms. The lowest BCUT2D eigenvalue weighted by Gasteiger charge is -2.32. The molecule has 0 unspecified atom stereocenters. The Balaban J connectivity index is 1.15. The molecule has 1 saturated heterocycles. The van der Waals surface area contributed by atoms with Crippen LogP contribution in [0.4, 0.5) is 5.69 Å². The van der Waals surface area contributed by atoms with Crippen molar-refractivity contribution in [3.8, 4) is 17.1 Å². The number of anilines is 1. The maximum absolute atomic E-state index is 13.1. The van der Waals surface area contributed by atoms with Gasteiger partial charge in [-0.2, -0.15) is 5.10 Å². The van der Waals surface area contributed by atoms with E-state index in [2.05, 4.69) is 50.4 Å². The number of carbonyl (C=O) groups is 1. The first-order valence-corrected chi connectivity index (χ1v) is 13.5. The van der Waals surface area contributed by atoms with Crippen molar-refractivity contribution in [3.63, 3.8) is 0 Å². The first kappa shape index (κ1) is 25.8. The number of fused-ring (bicyclic) bond motifs is 1. The summed E-state index contributed by atoms with van der Waals surface area (Å²) in [6.45, 7) is 5.88. The molecule has 0 radical (unpaired) electrons. The Morgan fingerprint density at radius 1 is 1.00 bits per heavy atom. The number of piperazine rings is 1. The van der Waals surface area contributed by atoms with Crippen molar-refractivity contribution in [1.82, 2.24) is 29.5 Å². The largest absolute Gasteiger partial charge is 0.496 e. The number of aromatic amines is 1. The lowest BCUT2D eigenvalue weighted by atomic mass is 10.1. The number of benzene rings is 3. The average Bonchev–Trinajstić information content (AvgIpc) is 3.65. The van der Waals surface area contributed by atoms with Gasteiger partial charge in [-0.15, -0.1) is 0 Å². The van der Waals surface area contributed by atoms with Crippen molar-refractivity contribution in [2.24, 2.45) is 0 Å². The predicted octanol–water partition coefficient (Wildman–Crippen LogP) is 4.48. The molecule has 1 fully saturated rings. The highest BCUT2D eigenvalue weighted by Crippen LogP contribution is 2.28. The quantitative estimate of drug-likeness (QED) is 0.304. The Labute approximate surface area is 233 Å². The van der Waals surface area contributed by atoms with Crippen LogP contribution in [0.15, 0.2) is 79.1 Å². The summed E-state index contributed by atoms with van der Waals surface area (Å²) in [6, 6.07) is 21.5. The molecule has 0 aliphatic carbocycles. The molecule has 9 heteroatoms. The van der Waals surface area contributed by atoms with Gasteiger partial charge in [-0.1, -0.05) is 12.1 Å². The van der Waals surface area contributed by atoms with Crippen LogP contribution in [0.25, 0.3) is 22.4 Å². The summed E-state index contributed by atoms with van der Waals surface area (Å²) in [4.78, 5) is 26.0. The fraction of sp³-hybridized carbons (Fsp3) is 0.258. The van der Waals surface area contributed by atoms with E-state index >= 15 is 0 Å². The van der Waals surface area contributed by atoms with Crippen LogP contribution < -0.4 is 10.1 Å². The molecule has 2 aromatic heterocycles. The van der Waals surface area contributed by atoms with Gasteiger partial charge >= 0.3 is 0 Å². The van der Waals surface area contributed by atoms with E-state index in [4.69, 9.17) is 9.72 Å². The van der Waals surface area contributed by atoms with E-state index in [0.29, 0.717) is 12.1 Å². The zero-order chi connectivity index (χ0) is 27.5. The van der Waals surface area contributed by atoms with Gasteiger partial charge in [-0.05, 0) is 67.2 Å². The van der Waals surface area contributed by atoms with Gasteiger partial charge in [0.05, 0.1) is 24.7 Å². The number of nitrogens with zero attached hydrogens (tertiary/aromatic N) is 5. The van der Waals surface area contributed by atoms with Gasteiger partial charge in [0.15, 0.2) is 0 Å². The number of amides is 1. The lowest BCUT2D eigenvalue weighted by Crippen LogP contribution is -2.43. The number of likely N-dealkylation sites (N-methyl/N-ethyl adjacent to an activating group) is 1. The third kappa shape index (κ3) is 5.75. The summed E-state index contributed by atoms with van der Waals surface area (Å²) < 4.78 is 7.41. The zero-order valence-electron chi connectivity index (χ0n) is 22.8. The molecule has 0 saturated carbocycles. The van der Waals surface area contributed by atoms with Crippen LogP contribution in [-0.2, 0) is 13.1 Å². The molecule has 0 atom stereocenters. The Kier molecular flexibility index (Phi) is 7.31. The van der Waals surface area contributed by atoms with E-state index < -0.39 is 0 Å². The molecule has 204 valence electrons. The summed E-state index contributed by atoms with van der Waals surface area (Å²) in [5.74, 6) is 1.37. The maximum Gasteiger partial charge on any atom is 0.255 e. The molecule has 1 amide bonds. The number of hydrogen-bond donors (Lipinski definition) is 2. The Morgan fingerprint density at radius 3 is 2.58 bits per heavy atom. The van der Waals surface area contributed by atoms with Crippen LogP contribution >= 0.6 is 0 Å². The summed E-state index contributed by atoms with van der Waals surface area (Å²) >= 11 is 0. The molecule has 1 aliphatic rings. The molecule has 1 aliphatic heterocycles. The summed E-state index contributed by atoms with van der Waals surface area (Å²) in [6.07, 6.45) is 3.68. The minimum Gasteiger partial charge on any atom is -0.496 e. The highest BCUT2D eigenvalue weighted by atomic mass is 16.5. The molecule has 5 aromatic rings. The lowest BCUT2D eigenvalue weighted by molar-refractivity contribution is 0.102. The summed E-state index contributed by atoms with van der Waals surface area (Å²) in [5.41, 5.74) is 6.12. The second-order valence-electron chi connectivity index (χ2n) is 10.3. The molecule has 6 rings (SSSR count). The van der Waals surface area contributed by atoms with Gasteiger partial charge in [0, 0.05) is 67.5 Å². The van der Waals surface area contributed by atoms with Crippen molar-refractivity contribution >= 4 is 22.6 Å². The number of carbonyl (C=O) groups excluding carboxylic acids is 1. The van der Waals surface area contributed by atoms with Crippen LogP contribution in [-0.4, -0.2) is 75.8 Å². The molecule has 0 bridgehead atoms. The highest BCUT2D eigenvalue weighted by Gasteiger charge is 2.15. The Bertz CT molecular complexity index is 1600. The summed E-state index contributed by atoms with van der Waals surface area (Å²) in [5, 5.41) is 7.33. The van der Waals surface area contributed by atoms with Crippen molar-refractivity contribution in [2.75, 3.05) is 45.7 Å². The average molecular weight is 536 g/mol. The second-order valence-corrected chi connectivity index (χ2v) is 10.3. The number of nitrogens with one attached hydrogen (secondary N) is 2. The van der Waals surface area contributed by atoms with Gasteiger partial charge in [0.1, 0.15) is 11.6 Å². The van der Waals surface area contributed by atoms with E-state index in [-0.39, 0.29) is 5.91 Å². The van der Waals surface area contributed by atoms with E-state index in [1.54, 1.807) is 19.4 Å². The number of ether oxygens (including phenoxy) is 1. The van der Waals surface area contributed by atoms with Gasteiger partial charge in [0.2, 0.25) is 0 Å². The van der Waals surface area contributed by atoms with E-state index in [9.17, 15) is 4.79 Å². The van der Waals surface area contributed by atoms with E-state index in [0.717, 1.165) is 72.1 Å². The molecular weight excluding hydrogens is 502 g/mol. The number of methoxy groups -OCH3 is 1. The first-order valence-electron chi connectivity index (χ1n) is 13.5. The van der Waals surface area contributed by atoms with Crippen molar-refractivity contribution in [1.29, 1.82) is 0 Å². The van der Waals surface area contributed by atoms with Gasteiger partial charge < -0.3 is 19.9 Å². The minimum atomic E-state index is -0.157. The van der Waals surface area contributed by atoms with Crippen LogP contribution in [0, 0.1) is 0 Å². The topological polar surface area (TPSA) is 91.3 Å². The number of imidazole rings is 1. The molecule has 40 heavy (non-hydrogen) atoms. The minimum absolute atomic E-state index is 0.157.